The van der Waals surface area contributed by atoms with E-state index in [0.717, 1.165) is 28.1 Å². The highest BCUT2D eigenvalue weighted by Gasteiger charge is 2.11. The zero-order chi connectivity index (χ0) is 19.4. The van der Waals surface area contributed by atoms with Gasteiger partial charge in [-0.3, -0.25) is 4.79 Å². The van der Waals surface area contributed by atoms with Crippen LogP contribution in [0.4, 0.5) is 17.2 Å². The van der Waals surface area contributed by atoms with Gasteiger partial charge >= 0.3 is 0 Å². The number of amides is 1. The molecule has 0 fully saturated rings. The molecule has 27 heavy (non-hydrogen) atoms. The number of rotatable bonds is 5. The number of ether oxygens (including phenoxy) is 1. The lowest BCUT2D eigenvalue weighted by atomic mass is 10.1. The number of hydrogen-bond donors (Lipinski definition) is 2. The van der Waals surface area contributed by atoms with Crippen molar-refractivity contribution in [2.24, 2.45) is 0 Å². The summed E-state index contributed by atoms with van der Waals surface area (Å²) in [6.45, 7) is 5.98. The van der Waals surface area contributed by atoms with Crippen molar-refractivity contribution in [3.8, 4) is 5.75 Å². The van der Waals surface area contributed by atoms with Gasteiger partial charge in [0.05, 0.1) is 12.8 Å². The standard InChI is InChI=1S/C22H23N3O2/c1-14-5-7-16(3)18(11-14)25-22(26)17-9-10-23-21(13-17)24-19-12-15(2)6-8-20(19)27-4/h5-13H,1-4H3,(H,23,24)(H,25,26). The van der Waals surface area contributed by atoms with E-state index in [1.54, 1.807) is 25.4 Å². The first-order valence-electron chi connectivity index (χ1n) is 8.72. The van der Waals surface area contributed by atoms with Gasteiger partial charge in [-0.1, -0.05) is 18.2 Å². The van der Waals surface area contributed by atoms with E-state index in [4.69, 9.17) is 4.74 Å². The van der Waals surface area contributed by atoms with Gasteiger partial charge in [-0.05, 0) is 67.8 Å². The highest BCUT2D eigenvalue weighted by Crippen LogP contribution is 2.28. The van der Waals surface area contributed by atoms with Gasteiger partial charge in [-0.15, -0.1) is 0 Å². The first kappa shape index (κ1) is 18.5. The molecule has 0 unspecified atom stereocenters. The van der Waals surface area contributed by atoms with Crippen molar-refractivity contribution in [3.63, 3.8) is 0 Å². The second-order valence-electron chi connectivity index (χ2n) is 6.53. The third kappa shape index (κ3) is 4.44. The van der Waals surface area contributed by atoms with Gasteiger partial charge in [-0.2, -0.15) is 0 Å². The monoisotopic (exact) mass is 361 g/mol. The van der Waals surface area contributed by atoms with E-state index in [-0.39, 0.29) is 5.91 Å². The third-order valence-corrected chi connectivity index (χ3v) is 4.28. The summed E-state index contributed by atoms with van der Waals surface area (Å²) < 4.78 is 5.38. The van der Waals surface area contributed by atoms with Crippen LogP contribution in [0.25, 0.3) is 0 Å². The summed E-state index contributed by atoms with van der Waals surface area (Å²) >= 11 is 0. The Morgan fingerprint density at radius 1 is 0.926 bits per heavy atom. The summed E-state index contributed by atoms with van der Waals surface area (Å²) in [7, 11) is 1.62. The highest BCUT2D eigenvalue weighted by molar-refractivity contribution is 6.05. The molecule has 0 bridgehead atoms. The number of nitrogens with one attached hydrogen (secondary N) is 2. The molecule has 2 N–H and O–H groups in total. The minimum absolute atomic E-state index is 0.176. The van der Waals surface area contributed by atoms with Crippen molar-refractivity contribution < 1.29 is 9.53 Å². The lowest BCUT2D eigenvalue weighted by Crippen LogP contribution is -2.13. The number of aryl methyl sites for hydroxylation is 3. The fourth-order valence-corrected chi connectivity index (χ4v) is 2.76. The van der Waals surface area contributed by atoms with Gasteiger partial charge in [0, 0.05) is 17.4 Å². The van der Waals surface area contributed by atoms with E-state index in [1.807, 2.05) is 57.2 Å². The van der Waals surface area contributed by atoms with Crippen LogP contribution in [-0.2, 0) is 0 Å². The largest absolute Gasteiger partial charge is 0.495 e. The number of carbonyl (C=O) groups is 1. The summed E-state index contributed by atoms with van der Waals surface area (Å²) in [5.74, 6) is 1.12. The Morgan fingerprint density at radius 3 is 2.37 bits per heavy atom. The Hall–Kier alpha value is -3.34. The number of carbonyl (C=O) groups excluding carboxylic acids is 1. The number of anilines is 3. The second-order valence-corrected chi connectivity index (χ2v) is 6.53. The van der Waals surface area contributed by atoms with Gasteiger partial charge in [0.2, 0.25) is 0 Å². The molecule has 0 aliphatic rings. The van der Waals surface area contributed by atoms with E-state index in [9.17, 15) is 4.79 Å². The molecule has 2 aromatic carbocycles. The molecular formula is C22H23N3O2. The molecule has 138 valence electrons. The number of methoxy groups -OCH3 is 1. The van der Waals surface area contributed by atoms with Gasteiger partial charge in [-0.25, -0.2) is 4.98 Å². The maximum Gasteiger partial charge on any atom is 0.255 e. The minimum atomic E-state index is -0.176. The molecule has 0 radical (unpaired) electrons. The Labute approximate surface area is 159 Å². The molecule has 0 spiro atoms. The van der Waals surface area contributed by atoms with Crippen LogP contribution in [0.5, 0.6) is 5.75 Å². The van der Waals surface area contributed by atoms with Crippen molar-refractivity contribution in [2.75, 3.05) is 17.7 Å². The van der Waals surface area contributed by atoms with E-state index in [2.05, 4.69) is 15.6 Å². The van der Waals surface area contributed by atoms with Crippen molar-refractivity contribution in [1.29, 1.82) is 0 Å². The Kier molecular flexibility index (Phi) is 5.41. The molecule has 0 aliphatic heterocycles. The van der Waals surface area contributed by atoms with Gasteiger partial charge in [0.15, 0.2) is 0 Å². The SMILES string of the molecule is COc1ccc(C)cc1Nc1cc(C(=O)Nc2cc(C)ccc2C)ccn1. The van der Waals surface area contributed by atoms with Crippen LogP contribution in [0, 0.1) is 20.8 Å². The summed E-state index contributed by atoms with van der Waals surface area (Å²) in [6, 6.07) is 15.2. The first-order valence-corrected chi connectivity index (χ1v) is 8.72. The fourth-order valence-electron chi connectivity index (χ4n) is 2.76. The Bertz CT molecular complexity index is 983. The topological polar surface area (TPSA) is 63.2 Å². The van der Waals surface area contributed by atoms with Gasteiger partial charge in [0.1, 0.15) is 11.6 Å². The van der Waals surface area contributed by atoms with Crippen molar-refractivity contribution >= 4 is 23.1 Å². The lowest BCUT2D eigenvalue weighted by molar-refractivity contribution is 0.102. The van der Waals surface area contributed by atoms with E-state index >= 15 is 0 Å². The molecule has 0 aliphatic carbocycles. The average Bonchev–Trinajstić information content (AvgIpc) is 2.65. The summed E-state index contributed by atoms with van der Waals surface area (Å²) in [6.07, 6.45) is 1.61. The molecule has 1 aromatic heterocycles. The van der Waals surface area contributed by atoms with Crippen molar-refractivity contribution in [2.45, 2.75) is 20.8 Å². The molecule has 0 atom stereocenters. The Morgan fingerprint density at radius 2 is 1.63 bits per heavy atom. The quantitative estimate of drug-likeness (QED) is 0.670. The van der Waals surface area contributed by atoms with E-state index in [0.29, 0.717) is 17.1 Å². The van der Waals surface area contributed by atoms with Crippen LogP contribution in [0.1, 0.15) is 27.0 Å². The number of nitrogens with zero attached hydrogens (tertiary/aromatic N) is 1. The smallest absolute Gasteiger partial charge is 0.255 e. The van der Waals surface area contributed by atoms with E-state index in [1.165, 1.54) is 0 Å². The van der Waals surface area contributed by atoms with Crippen molar-refractivity contribution in [1.82, 2.24) is 4.98 Å². The molecule has 1 heterocycles. The Balaban J connectivity index is 1.82. The summed E-state index contributed by atoms with van der Waals surface area (Å²) in [5, 5.41) is 6.20. The molecule has 5 heteroatoms. The van der Waals surface area contributed by atoms with Gasteiger partial charge < -0.3 is 15.4 Å². The van der Waals surface area contributed by atoms with Crippen LogP contribution in [-0.4, -0.2) is 18.0 Å². The molecule has 3 rings (SSSR count). The summed E-state index contributed by atoms with van der Waals surface area (Å²) in [5.41, 5.74) is 5.36. The van der Waals surface area contributed by atoms with E-state index < -0.39 is 0 Å². The lowest BCUT2D eigenvalue weighted by Gasteiger charge is -2.13. The maximum absolute atomic E-state index is 12.7. The minimum Gasteiger partial charge on any atom is -0.495 e. The van der Waals surface area contributed by atoms with Crippen LogP contribution in [0.3, 0.4) is 0 Å². The van der Waals surface area contributed by atoms with Crippen LogP contribution >= 0.6 is 0 Å². The van der Waals surface area contributed by atoms with Crippen molar-refractivity contribution in [3.05, 3.63) is 77.0 Å². The molecule has 1 amide bonds. The van der Waals surface area contributed by atoms with Crippen LogP contribution < -0.4 is 15.4 Å². The van der Waals surface area contributed by atoms with Crippen LogP contribution in [0.15, 0.2) is 54.7 Å². The predicted molar refractivity (Wildman–Crippen MR) is 109 cm³/mol. The maximum atomic E-state index is 12.7. The first-order chi connectivity index (χ1) is 13.0. The number of hydrogen-bond acceptors (Lipinski definition) is 4. The highest BCUT2D eigenvalue weighted by atomic mass is 16.5. The zero-order valence-corrected chi connectivity index (χ0v) is 16.0. The fraction of sp³-hybridized carbons (Fsp3) is 0.182. The molecular weight excluding hydrogens is 338 g/mol. The van der Waals surface area contributed by atoms with Gasteiger partial charge in [0.25, 0.3) is 5.91 Å². The predicted octanol–water partition coefficient (Wildman–Crippen LogP) is 5.01. The molecule has 5 nitrogen and oxygen atoms in total. The summed E-state index contributed by atoms with van der Waals surface area (Å²) in [4.78, 5) is 17.0. The zero-order valence-electron chi connectivity index (χ0n) is 16.0. The normalized spacial score (nSPS) is 10.4. The third-order valence-electron chi connectivity index (χ3n) is 4.28. The molecule has 3 aromatic rings. The average molecular weight is 361 g/mol. The number of pyridine rings is 1. The number of aromatic nitrogens is 1. The second kappa shape index (κ2) is 7.91. The van der Waals surface area contributed by atoms with Crippen LogP contribution in [0.2, 0.25) is 0 Å². The molecule has 0 saturated carbocycles. The molecule has 0 saturated heterocycles. The number of benzene rings is 2.